The van der Waals surface area contributed by atoms with Gasteiger partial charge in [-0.1, -0.05) is 12.8 Å². The summed E-state index contributed by atoms with van der Waals surface area (Å²) >= 11 is 0. The lowest BCUT2D eigenvalue weighted by Crippen LogP contribution is -2.52. The van der Waals surface area contributed by atoms with Crippen LogP contribution in [0.15, 0.2) is 24.4 Å². The molecule has 2 saturated carbocycles. The maximum atomic E-state index is 11.7. The van der Waals surface area contributed by atoms with Crippen LogP contribution in [0.3, 0.4) is 0 Å². The normalized spacial score (nSPS) is 22.3. The summed E-state index contributed by atoms with van der Waals surface area (Å²) in [6.45, 7) is 8.89. The molecule has 7 heteroatoms. The van der Waals surface area contributed by atoms with E-state index in [4.69, 9.17) is 14.6 Å². The minimum Gasteiger partial charge on any atom is -0.494 e. The van der Waals surface area contributed by atoms with Crippen LogP contribution in [-0.4, -0.2) is 56.8 Å². The van der Waals surface area contributed by atoms with E-state index >= 15 is 0 Å². The number of carboxylic acid groups (broad SMARTS) is 1. The Labute approximate surface area is 197 Å². The molecule has 4 rings (SSSR count). The average Bonchev–Trinajstić information content (AvgIpc) is 3.47. The summed E-state index contributed by atoms with van der Waals surface area (Å²) < 4.78 is 14.2. The van der Waals surface area contributed by atoms with Gasteiger partial charge in [0.2, 0.25) is 0 Å². The number of benzene rings is 1. The Kier molecular flexibility index (Phi) is 7.17. The van der Waals surface area contributed by atoms with Crippen molar-refractivity contribution >= 4 is 17.0 Å². The van der Waals surface area contributed by atoms with Crippen molar-refractivity contribution in [3.8, 4) is 5.75 Å². The van der Waals surface area contributed by atoms with Gasteiger partial charge in [-0.3, -0.25) is 9.58 Å². The first-order valence-corrected chi connectivity index (χ1v) is 12.5. The fraction of sp³-hybridized carbons (Fsp3) is 0.692. The summed E-state index contributed by atoms with van der Waals surface area (Å²) in [4.78, 5) is 13.2. The molecule has 182 valence electrons. The molecular weight excluding hydrogens is 418 g/mol. The topological polar surface area (TPSA) is 76.8 Å². The molecule has 0 unspecified atom stereocenters. The molecule has 33 heavy (non-hydrogen) atoms. The van der Waals surface area contributed by atoms with Gasteiger partial charge < -0.3 is 14.6 Å². The SMILES string of the molecule is C[C@@H](COC1CCC(n2cc3ccc(OCCC4CC4)cc3n2)CC1)N(C(=O)O)C(C)(C)C. The first-order chi connectivity index (χ1) is 15.7. The predicted octanol–water partition coefficient (Wildman–Crippen LogP) is 5.88. The minimum absolute atomic E-state index is 0.177. The van der Waals surface area contributed by atoms with Gasteiger partial charge in [0.25, 0.3) is 0 Å². The lowest BCUT2D eigenvalue weighted by Gasteiger charge is -2.38. The van der Waals surface area contributed by atoms with Crippen LogP contribution in [0.25, 0.3) is 10.9 Å². The molecule has 1 N–H and O–H groups in total. The van der Waals surface area contributed by atoms with E-state index in [9.17, 15) is 9.90 Å². The predicted molar refractivity (Wildman–Crippen MR) is 129 cm³/mol. The van der Waals surface area contributed by atoms with Crippen molar-refractivity contribution < 1.29 is 19.4 Å². The maximum Gasteiger partial charge on any atom is 0.408 e. The van der Waals surface area contributed by atoms with Gasteiger partial charge in [-0.25, -0.2) is 4.79 Å². The molecule has 0 saturated heterocycles. The highest BCUT2D eigenvalue weighted by Crippen LogP contribution is 2.33. The number of hydrogen-bond acceptors (Lipinski definition) is 4. The number of nitrogens with zero attached hydrogens (tertiary/aromatic N) is 3. The van der Waals surface area contributed by atoms with E-state index in [0.29, 0.717) is 12.6 Å². The lowest BCUT2D eigenvalue weighted by molar-refractivity contribution is -0.0236. The smallest absolute Gasteiger partial charge is 0.408 e. The number of hydrogen-bond donors (Lipinski definition) is 1. The third-order valence-electron chi connectivity index (χ3n) is 6.95. The van der Waals surface area contributed by atoms with Gasteiger partial charge in [0.1, 0.15) is 5.75 Å². The van der Waals surface area contributed by atoms with Crippen molar-refractivity contribution in [2.24, 2.45) is 5.92 Å². The van der Waals surface area contributed by atoms with Gasteiger partial charge in [-0.05, 0) is 77.8 Å². The monoisotopic (exact) mass is 457 g/mol. The Balaban J connectivity index is 1.27. The molecule has 0 spiro atoms. The molecule has 2 fully saturated rings. The maximum absolute atomic E-state index is 11.7. The van der Waals surface area contributed by atoms with Crippen molar-refractivity contribution in [3.05, 3.63) is 24.4 Å². The number of carbonyl (C=O) groups is 1. The van der Waals surface area contributed by atoms with Gasteiger partial charge >= 0.3 is 6.09 Å². The highest BCUT2D eigenvalue weighted by molar-refractivity contribution is 5.79. The minimum atomic E-state index is -0.899. The fourth-order valence-corrected chi connectivity index (χ4v) is 5.00. The quantitative estimate of drug-likeness (QED) is 0.509. The lowest BCUT2D eigenvalue weighted by atomic mass is 9.93. The second-order valence-electron chi connectivity index (χ2n) is 10.8. The van der Waals surface area contributed by atoms with Gasteiger partial charge in [-0.2, -0.15) is 5.10 Å². The van der Waals surface area contributed by atoms with E-state index in [1.54, 1.807) is 0 Å². The summed E-state index contributed by atoms with van der Waals surface area (Å²) in [6, 6.07) is 6.39. The molecule has 2 aliphatic rings. The number of ether oxygens (including phenoxy) is 2. The zero-order chi connectivity index (χ0) is 23.6. The molecule has 1 atom stereocenters. The molecule has 1 heterocycles. The summed E-state index contributed by atoms with van der Waals surface area (Å²) in [5, 5.41) is 15.6. The highest BCUT2D eigenvalue weighted by Gasteiger charge is 2.32. The largest absolute Gasteiger partial charge is 0.494 e. The number of amides is 1. The van der Waals surface area contributed by atoms with Gasteiger partial charge in [-0.15, -0.1) is 0 Å². The van der Waals surface area contributed by atoms with Gasteiger partial charge in [0.05, 0.1) is 36.9 Å². The van der Waals surface area contributed by atoms with Crippen molar-refractivity contribution in [1.82, 2.24) is 14.7 Å². The summed E-state index contributed by atoms with van der Waals surface area (Å²) in [7, 11) is 0. The van der Waals surface area contributed by atoms with E-state index in [0.717, 1.165) is 61.3 Å². The van der Waals surface area contributed by atoms with Crippen molar-refractivity contribution in [2.75, 3.05) is 13.2 Å². The van der Waals surface area contributed by atoms with E-state index in [1.165, 1.54) is 17.7 Å². The van der Waals surface area contributed by atoms with Gasteiger partial charge in [0.15, 0.2) is 0 Å². The third kappa shape index (κ3) is 6.19. The molecule has 2 aliphatic carbocycles. The molecule has 1 aromatic carbocycles. The molecule has 0 bridgehead atoms. The van der Waals surface area contributed by atoms with E-state index in [-0.39, 0.29) is 12.1 Å². The summed E-state index contributed by atoms with van der Waals surface area (Å²) in [6.07, 6.45) is 9.25. The first-order valence-electron chi connectivity index (χ1n) is 12.5. The molecule has 7 nitrogen and oxygen atoms in total. The van der Waals surface area contributed by atoms with Crippen molar-refractivity contribution in [3.63, 3.8) is 0 Å². The second kappa shape index (κ2) is 9.92. The first kappa shape index (κ1) is 23.9. The van der Waals surface area contributed by atoms with Crippen molar-refractivity contribution in [2.45, 2.75) is 96.4 Å². The molecule has 1 aromatic heterocycles. The Morgan fingerprint density at radius 1 is 1.21 bits per heavy atom. The van der Waals surface area contributed by atoms with E-state index in [2.05, 4.69) is 23.0 Å². The van der Waals surface area contributed by atoms with Crippen molar-refractivity contribution in [1.29, 1.82) is 0 Å². The second-order valence-corrected chi connectivity index (χ2v) is 10.8. The molecule has 2 aromatic rings. The van der Waals surface area contributed by atoms with Gasteiger partial charge in [0, 0.05) is 23.2 Å². The highest BCUT2D eigenvalue weighted by atomic mass is 16.5. The molecule has 0 aliphatic heterocycles. The van der Waals surface area contributed by atoms with Crippen LogP contribution >= 0.6 is 0 Å². The number of aromatic nitrogens is 2. The Morgan fingerprint density at radius 3 is 2.58 bits per heavy atom. The van der Waals surface area contributed by atoms with Crippen LogP contribution in [0.4, 0.5) is 4.79 Å². The van der Waals surface area contributed by atoms with Crippen LogP contribution in [0.1, 0.15) is 78.7 Å². The van der Waals surface area contributed by atoms with Crippen LogP contribution < -0.4 is 4.74 Å². The standard InChI is InChI=1S/C26H39N3O4/c1-18(29(25(30)31)26(2,3)4)17-33-22-11-8-21(9-12-22)28-16-20-7-10-23(15-24(20)27-28)32-14-13-19-5-6-19/h7,10,15-16,18-19,21-22H,5-6,8-9,11-14,17H2,1-4H3,(H,30,31)/t18-,21?,22?/m0/s1. The van der Waals surface area contributed by atoms with Crippen LogP contribution in [-0.2, 0) is 4.74 Å². The molecule has 1 amide bonds. The Bertz CT molecular complexity index is 939. The summed E-state index contributed by atoms with van der Waals surface area (Å²) in [5.74, 6) is 1.79. The number of rotatable bonds is 9. The third-order valence-corrected chi connectivity index (χ3v) is 6.95. The Hall–Kier alpha value is -2.28. The van der Waals surface area contributed by atoms with Crippen LogP contribution in [0.2, 0.25) is 0 Å². The molecule has 0 radical (unpaired) electrons. The average molecular weight is 458 g/mol. The summed E-state index contributed by atoms with van der Waals surface area (Å²) in [5.41, 5.74) is 0.540. The van der Waals surface area contributed by atoms with Crippen LogP contribution in [0, 0.1) is 5.92 Å². The number of fused-ring (bicyclic) bond motifs is 1. The molecular formula is C26H39N3O4. The fourth-order valence-electron chi connectivity index (χ4n) is 5.00. The van der Waals surface area contributed by atoms with E-state index in [1.807, 2.05) is 33.8 Å². The van der Waals surface area contributed by atoms with Crippen LogP contribution in [0.5, 0.6) is 5.75 Å². The Morgan fingerprint density at radius 2 is 1.94 bits per heavy atom. The zero-order valence-corrected chi connectivity index (χ0v) is 20.5. The van der Waals surface area contributed by atoms with E-state index < -0.39 is 11.6 Å². The zero-order valence-electron chi connectivity index (χ0n) is 20.5.